The minimum atomic E-state index is -1.48. The lowest BCUT2D eigenvalue weighted by molar-refractivity contribution is 0.304. The molecule has 0 saturated carbocycles. The average Bonchev–Trinajstić information content (AvgIpc) is 3.06. The minimum absolute atomic E-state index is 0.0255. The first kappa shape index (κ1) is 17.1. The lowest BCUT2D eigenvalue weighted by atomic mass is 10.6. The number of aromatic nitrogens is 3. The second-order valence-corrected chi connectivity index (χ2v) is 5.80. The van der Waals surface area contributed by atoms with E-state index in [-0.39, 0.29) is 10.6 Å². The zero-order valence-corrected chi connectivity index (χ0v) is 13.2. The molecule has 0 aliphatic carbocycles. The first-order chi connectivity index (χ1) is 9.86. The van der Waals surface area contributed by atoms with Gasteiger partial charge in [-0.15, -0.1) is 4.40 Å². The molecule has 0 saturated heterocycles. The molecule has 2 aromatic heterocycles. The lowest BCUT2D eigenvalue weighted by Crippen LogP contribution is -2.11. The van der Waals surface area contributed by atoms with Crippen molar-refractivity contribution in [3.05, 3.63) is 43.1 Å². The topological polar surface area (TPSA) is 132 Å². The van der Waals surface area contributed by atoms with Crippen LogP contribution in [0.25, 0.3) is 0 Å². The fourth-order valence-corrected chi connectivity index (χ4v) is 2.05. The van der Waals surface area contributed by atoms with E-state index in [9.17, 15) is 13.8 Å². The summed E-state index contributed by atoms with van der Waals surface area (Å²) >= 11 is -0.245. The molecule has 1 unspecified atom stereocenters. The van der Waals surface area contributed by atoms with Crippen molar-refractivity contribution >= 4 is 28.4 Å². The van der Waals surface area contributed by atoms with Crippen molar-refractivity contribution in [2.24, 2.45) is 4.40 Å². The molecule has 21 heavy (non-hydrogen) atoms. The monoisotopic (exact) mass is 333 g/mol. The molecule has 9 nitrogen and oxygen atoms in total. The van der Waals surface area contributed by atoms with Crippen LogP contribution in [0.1, 0.15) is 17.5 Å². The molecular formula is C10H15N5O4S2. The van der Waals surface area contributed by atoms with Gasteiger partial charge in [0.25, 0.3) is 0 Å². The summed E-state index contributed by atoms with van der Waals surface area (Å²) in [6.07, 6.45) is 3.33. The molecule has 1 aliphatic heterocycles. The highest BCUT2D eigenvalue weighted by atomic mass is 32.2. The molecule has 116 valence electrons. The zero-order chi connectivity index (χ0) is 15.8. The number of imidazole rings is 1. The van der Waals surface area contributed by atoms with Crippen LogP contribution in [0.4, 0.5) is 0 Å². The summed E-state index contributed by atoms with van der Waals surface area (Å²) in [6.45, 7) is 5.38. The van der Waals surface area contributed by atoms with Gasteiger partial charge < -0.3 is 15.0 Å². The van der Waals surface area contributed by atoms with E-state index in [1.807, 2.05) is 13.8 Å². The quantitative estimate of drug-likeness (QED) is 0.549. The minimum Gasteiger partial charge on any atom is -0.319 e. The Balaban J connectivity index is 0.000000157. The van der Waals surface area contributed by atoms with Crippen molar-refractivity contribution in [3.63, 3.8) is 0 Å². The van der Waals surface area contributed by atoms with Crippen LogP contribution in [0.3, 0.4) is 0 Å². The number of thiazole rings is 1. The van der Waals surface area contributed by atoms with E-state index >= 15 is 0 Å². The first-order valence-corrected chi connectivity index (χ1v) is 7.51. The van der Waals surface area contributed by atoms with E-state index in [0.717, 1.165) is 10.6 Å². The average molecular weight is 333 g/mol. The summed E-state index contributed by atoms with van der Waals surface area (Å²) in [6, 6.07) is 0. The smallest absolute Gasteiger partial charge is 0.319 e. The van der Waals surface area contributed by atoms with Crippen LogP contribution in [0.15, 0.2) is 26.4 Å². The maximum Gasteiger partial charge on any atom is 0.323 e. The Morgan fingerprint density at radius 2 is 1.90 bits per heavy atom. The summed E-state index contributed by atoms with van der Waals surface area (Å²) < 4.78 is 17.8. The van der Waals surface area contributed by atoms with Gasteiger partial charge in [-0.05, 0) is 20.8 Å². The van der Waals surface area contributed by atoms with E-state index in [1.165, 1.54) is 11.3 Å². The van der Waals surface area contributed by atoms with Gasteiger partial charge in [0.05, 0.1) is 0 Å². The van der Waals surface area contributed by atoms with Gasteiger partial charge in [0.1, 0.15) is 5.84 Å². The molecule has 2 aromatic rings. The van der Waals surface area contributed by atoms with Crippen molar-refractivity contribution in [1.82, 2.24) is 20.4 Å². The summed E-state index contributed by atoms with van der Waals surface area (Å²) in [4.78, 5) is 29.0. The van der Waals surface area contributed by atoms with Gasteiger partial charge in [-0.25, -0.2) is 14.5 Å². The molecule has 3 rings (SSSR count). The standard InChI is InChI=1S/C4H6N2O.C4H5NOS.C2H4N2O2S/c1-3-2-5-4(7)6-3;1-3-2-5-4(6)7-3;1-2-3-6-7(5)4-2/h2H,1H3,(H2,5,6,7);2H,1H3,(H,5,6);1H3,(H,3,4). The molecule has 0 fully saturated rings. The Bertz CT molecular complexity index is 680. The Hall–Kier alpha value is -1.98. The van der Waals surface area contributed by atoms with Crippen LogP contribution < -0.4 is 16.0 Å². The Morgan fingerprint density at radius 1 is 1.19 bits per heavy atom. The predicted molar refractivity (Wildman–Crippen MR) is 81.3 cm³/mol. The van der Waals surface area contributed by atoms with Gasteiger partial charge in [-0.2, -0.15) is 4.28 Å². The van der Waals surface area contributed by atoms with Gasteiger partial charge >= 0.3 is 21.8 Å². The molecule has 1 atom stereocenters. The van der Waals surface area contributed by atoms with Gasteiger partial charge in [0.15, 0.2) is 0 Å². The van der Waals surface area contributed by atoms with Crippen molar-refractivity contribution in [2.45, 2.75) is 20.8 Å². The van der Waals surface area contributed by atoms with Crippen molar-refractivity contribution in [2.75, 3.05) is 0 Å². The van der Waals surface area contributed by atoms with E-state index < -0.39 is 11.3 Å². The maximum atomic E-state index is 10.3. The number of nitrogens with one attached hydrogen (secondary N) is 4. The highest BCUT2D eigenvalue weighted by Gasteiger charge is 2.05. The number of hydrogen-bond donors (Lipinski definition) is 4. The maximum absolute atomic E-state index is 10.3. The number of nitrogens with zero attached hydrogens (tertiary/aromatic N) is 1. The Morgan fingerprint density at radius 3 is 2.05 bits per heavy atom. The number of rotatable bonds is 0. The summed E-state index contributed by atoms with van der Waals surface area (Å²) in [5.41, 5.74) is 3.04. The van der Waals surface area contributed by atoms with Crippen LogP contribution in [0, 0.1) is 13.8 Å². The number of aryl methyl sites for hydroxylation is 2. The van der Waals surface area contributed by atoms with E-state index in [1.54, 1.807) is 19.3 Å². The predicted octanol–water partition coefficient (Wildman–Crippen LogP) is 0.275. The largest absolute Gasteiger partial charge is 0.323 e. The zero-order valence-electron chi connectivity index (χ0n) is 11.6. The molecular weight excluding hydrogens is 318 g/mol. The number of H-pyrrole nitrogens is 3. The van der Waals surface area contributed by atoms with Crippen molar-refractivity contribution in [3.8, 4) is 0 Å². The van der Waals surface area contributed by atoms with Gasteiger partial charge in [0.2, 0.25) is 0 Å². The van der Waals surface area contributed by atoms with Gasteiger partial charge in [-0.3, -0.25) is 4.79 Å². The molecule has 11 heteroatoms. The normalized spacial score (nSPS) is 16.0. The fraction of sp³-hybridized carbons (Fsp3) is 0.300. The van der Waals surface area contributed by atoms with Crippen LogP contribution in [-0.4, -0.2) is 25.0 Å². The fourth-order valence-electron chi connectivity index (χ4n) is 1.04. The summed E-state index contributed by atoms with van der Waals surface area (Å²) in [7, 11) is 0. The van der Waals surface area contributed by atoms with E-state index in [0.29, 0.717) is 5.84 Å². The molecule has 1 aliphatic rings. The summed E-state index contributed by atoms with van der Waals surface area (Å²) in [5.74, 6) is 0.554. The second kappa shape index (κ2) is 8.34. The molecule has 0 aromatic carbocycles. The van der Waals surface area contributed by atoms with Crippen LogP contribution in [-0.2, 0) is 15.6 Å². The van der Waals surface area contributed by atoms with Crippen LogP contribution in [0.5, 0.6) is 0 Å². The Labute approximate surface area is 126 Å². The van der Waals surface area contributed by atoms with Crippen molar-refractivity contribution in [1.29, 1.82) is 0 Å². The lowest BCUT2D eigenvalue weighted by Gasteiger charge is -1.83. The van der Waals surface area contributed by atoms with Crippen LogP contribution >= 0.6 is 11.3 Å². The molecule has 4 N–H and O–H groups in total. The SMILES string of the molecule is CC1=NS(=O)ON1.Cc1c[nH]c(=O)[nH]1.Cc1c[nH]c(=O)s1. The molecule has 3 heterocycles. The highest BCUT2D eigenvalue weighted by Crippen LogP contribution is 1.93. The molecule has 0 amide bonds. The van der Waals surface area contributed by atoms with E-state index in [2.05, 4.69) is 29.1 Å². The first-order valence-electron chi connectivity index (χ1n) is 5.66. The Kier molecular flexibility index (Phi) is 6.78. The highest BCUT2D eigenvalue weighted by molar-refractivity contribution is 7.79. The van der Waals surface area contributed by atoms with E-state index in [4.69, 9.17) is 0 Å². The van der Waals surface area contributed by atoms with Gasteiger partial charge in [0, 0.05) is 23.0 Å². The van der Waals surface area contributed by atoms with Crippen LogP contribution in [0.2, 0.25) is 0 Å². The second-order valence-electron chi connectivity index (χ2n) is 3.79. The molecule has 0 bridgehead atoms. The number of aromatic amines is 3. The van der Waals surface area contributed by atoms with Gasteiger partial charge in [-0.1, -0.05) is 11.3 Å². The number of hydroxylamine groups is 1. The third kappa shape index (κ3) is 7.39. The third-order valence-electron chi connectivity index (χ3n) is 1.85. The van der Waals surface area contributed by atoms with Crippen molar-refractivity contribution < 1.29 is 8.49 Å². The number of hydrogen-bond acceptors (Lipinski definition) is 6. The number of amidine groups is 1. The third-order valence-corrected chi connectivity index (χ3v) is 3.24. The summed E-state index contributed by atoms with van der Waals surface area (Å²) in [5, 5.41) is 0. The molecule has 0 radical (unpaired) electrons. The molecule has 0 spiro atoms.